The van der Waals surface area contributed by atoms with E-state index in [-0.39, 0.29) is 0 Å². The fraction of sp³-hybridized carbons (Fsp3) is 0.800. The van der Waals surface area contributed by atoms with Gasteiger partial charge in [-0.25, -0.2) is 0 Å². The van der Waals surface area contributed by atoms with Crippen molar-refractivity contribution in [3.8, 4) is 6.19 Å². The third kappa shape index (κ3) is 2.62. The summed E-state index contributed by atoms with van der Waals surface area (Å²) in [6.07, 6.45) is 1.89. The van der Waals surface area contributed by atoms with E-state index >= 15 is 0 Å². The monoisotopic (exact) mass is 224 g/mol. The number of aliphatic imine (C=N–C) groups is 1. The minimum absolute atomic E-state index is 0.703. The lowest BCUT2D eigenvalue weighted by Gasteiger charge is -2.37. The molecule has 0 atom stereocenters. The van der Waals surface area contributed by atoms with Crippen LogP contribution < -0.4 is 0 Å². The van der Waals surface area contributed by atoms with Gasteiger partial charge in [0.05, 0.1) is 26.4 Å². The summed E-state index contributed by atoms with van der Waals surface area (Å²) < 4.78 is 10.6. The van der Waals surface area contributed by atoms with Crippen LogP contribution in [-0.4, -0.2) is 68.4 Å². The molecule has 0 saturated carbocycles. The molecule has 0 unspecified atom stereocenters. The predicted octanol–water partition coefficient (Wildman–Crippen LogP) is -0.512. The average Bonchev–Trinajstić information content (AvgIpc) is 2.38. The molecule has 0 N–H and O–H groups in total. The van der Waals surface area contributed by atoms with Crippen molar-refractivity contribution in [1.29, 1.82) is 5.26 Å². The lowest BCUT2D eigenvalue weighted by Crippen LogP contribution is -2.52. The molecule has 0 aromatic heterocycles. The maximum Gasteiger partial charge on any atom is 0.212 e. The lowest BCUT2D eigenvalue weighted by molar-refractivity contribution is 0.0422. The molecule has 0 radical (unpaired) electrons. The zero-order valence-corrected chi connectivity index (χ0v) is 9.26. The van der Waals surface area contributed by atoms with Gasteiger partial charge in [-0.1, -0.05) is 0 Å². The number of hydrogen-bond acceptors (Lipinski definition) is 4. The van der Waals surface area contributed by atoms with Crippen LogP contribution in [0.5, 0.6) is 0 Å². The molecule has 2 aliphatic heterocycles. The van der Waals surface area contributed by atoms with E-state index in [1.54, 1.807) is 0 Å². The highest BCUT2D eigenvalue weighted by Gasteiger charge is 2.22. The highest BCUT2D eigenvalue weighted by molar-refractivity contribution is 5.81. The second kappa shape index (κ2) is 5.68. The van der Waals surface area contributed by atoms with Crippen molar-refractivity contribution in [3.05, 3.63) is 0 Å². The molecule has 88 valence electrons. The Morgan fingerprint density at radius 2 is 1.38 bits per heavy atom. The first-order chi connectivity index (χ1) is 7.92. The topological polar surface area (TPSA) is 61.1 Å². The number of morpholine rings is 2. The van der Waals surface area contributed by atoms with Gasteiger partial charge in [0.2, 0.25) is 12.2 Å². The van der Waals surface area contributed by atoms with Crippen LogP contribution in [0.3, 0.4) is 0 Å². The summed E-state index contributed by atoms with van der Waals surface area (Å²) in [5.41, 5.74) is 0. The third-order valence-electron chi connectivity index (χ3n) is 2.74. The van der Waals surface area contributed by atoms with Crippen LogP contribution in [0.4, 0.5) is 0 Å². The molecule has 2 saturated heterocycles. The van der Waals surface area contributed by atoms with E-state index in [0.29, 0.717) is 26.4 Å². The first-order valence-electron chi connectivity index (χ1n) is 5.54. The van der Waals surface area contributed by atoms with Gasteiger partial charge in [-0.3, -0.25) is 0 Å². The van der Waals surface area contributed by atoms with Crippen molar-refractivity contribution >= 4 is 5.96 Å². The average molecular weight is 224 g/mol. The molecule has 16 heavy (non-hydrogen) atoms. The largest absolute Gasteiger partial charge is 0.378 e. The lowest BCUT2D eigenvalue weighted by atomic mass is 10.4. The van der Waals surface area contributed by atoms with Gasteiger partial charge in [0.1, 0.15) is 0 Å². The van der Waals surface area contributed by atoms with Crippen LogP contribution in [-0.2, 0) is 9.47 Å². The van der Waals surface area contributed by atoms with Crippen molar-refractivity contribution in [2.75, 3.05) is 52.6 Å². The predicted molar refractivity (Wildman–Crippen MR) is 57.8 cm³/mol. The van der Waals surface area contributed by atoms with E-state index in [9.17, 15) is 0 Å². The van der Waals surface area contributed by atoms with E-state index < -0.39 is 0 Å². The fourth-order valence-corrected chi connectivity index (χ4v) is 1.91. The molecule has 0 amide bonds. The van der Waals surface area contributed by atoms with Crippen LogP contribution in [0.2, 0.25) is 0 Å². The number of hydrogen-bond donors (Lipinski definition) is 0. The van der Waals surface area contributed by atoms with E-state index in [1.807, 2.05) is 6.19 Å². The molecule has 0 spiro atoms. The number of nitrogens with zero attached hydrogens (tertiary/aromatic N) is 4. The zero-order chi connectivity index (χ0) is 11.2. The minimum Gasteiger partial charge on any atom is -0.378 e. The molecule has 0 aliphatic carbocycles. The maximum absolute atomic E-state index is 8.74. The Bertz CT molecular complexity index is 268. The van der Waals surface area contributed by atoms with E-state index in [0.717, 1.165) is 32.1 Å². The van der Waals surface area contributed by atoms with E-state index in [1.165, 1.54) is 0 Å². The number of nitriles is 1. The number of rotatable bonds is 0. The highest BCUT2D eigenvalue weighted by Crippen LogP contribution is 2.06. The van der Waals surface area contributed by atoms with Gasteiger partial charge in [-0.05, 0) is 0 Å². The SMILES string of the molecule is N#CN=C(N1CCOCC1)N1CCOCC1. The smallest absolute Gasteiger partial charge is 0.212 e. The Kier molecular flexibility index (Phi) is 3.97. The zero-order valence-electron chi connectivity index (χ0n) is 9.26. The van der Waals surface area contributed by atoms with Crippen LogP contribution in [0, 0.1) is 11.5 Å². The summed E-state index contributed by atoms with van der Waals surface area (Å²) >= 11 is 0. The van der Waals surface area contributed by atoms with Crippen LogP contribution >= 0.6 is 0 Å². The van der Waals surface area contributed by atoms with Crippen molar-refractivity contribution in [2.24, 2.45) is 4.99 Å². The summed E-state index contributed by atoms with van der Waals surface area (Å²) in [5.74, 6) is 0.772. The van der Waals surface area contributed by atoms with Crippen LogP contribution in [0.15, 0.2) is 4.99 Å². The summed E-state index contributed by atoms with van der Waals surface area (Å²) in [4.78, 5) is 8.15. The molecule has 2 fully saturated rings. The Hall–Kier alpha value is -1.32. The molecular formula is C10H16N4O2. The van der Waals surface area contributed by atoms with Crippen LogP contribution in [0.25, 0.3) is 0 Å². The third-order valence-corrected chi connectivity index (χ3v) is 2.74. The maximum atomic E-state index is 8.74. The van der Waals surface area contributed by atoms with Crippen molar-refractivity contribution in [2.45, 2.75) is 0 Å². The Labute approximate surface area is 95.0 Å². The molecule has 2 heterocycles. The molecule has 0 aromatic rings. The Morgan fingerprint density at radius 1 is 0.938 bits per heavy atom. The van der Waals surface area contributed by atoms with Gasteiger partial charge in [-0.2, -0.15) is 5.26 Å². The van der Waals surface area contributed by atoms with Crippen molar-refractivity contribution in [1.82, 2.24) is 9.80 Å². The van der Waals surface area contributed by atoms with Crippen LogP contribution in [0.1, 0.15) is 0 Å². The molecule has 0 aromatic carbocycles. The van der Waals surface area contributed by atoms with Gasteiger partial charge in [0.25, 0.3) is 0 Å². The van der Waals surface area contributed by atoms with E-state index in [2.05, 4.69) is 14.8 Å². The summed E-state index contributed by atoms with van der Waals surface area (Å²) in [6, 6.07) is 0. The van der Waals surface area contributed by atoms with Gasteiger partial charge in [0, 0.05) is 26.2 Å². The first kappa shape index (κ1) is 11.2. The first-order valence-corrected chi connectivity index (χ1v) is 5.54. The number of guanidine groups is 1. The molecule has 6 nitrogen and oxygen atoms in total. The molecule has 6 heteroatoms. The van der Waals surface area contributed by atoms with E-state index in [4.69, 9.17) is 14.7 Å². The highest BCUT2D eigenvalue weighted by atomic mass is 16.5. The second-order valence-electron chi connectivity index (χ2n) is 3.71. The summed E-state index contributed by atoms with van der Waals surface area (Å²) in [7, 11) is 0. The molecule has 2 rings (SSSR count). The number of ether oxygens (including phenoxy) is 2. The van der Waals surface area contributed by atoms with Gasteiger partial charge >= 0.3 is 0 Å². The Balaban J connectivity index is 2.03. The summed E-state index contributed by atoms with van der Waals surface area (Å²) in [5, 5.41) is 8.74. The Morgan fingerprint density at radius 3 is 1.75 bits per heavy atom. The minimum atomic E-state index is 0.703. The standard InChI is InChI=1S/C10H16N4O2/c11-9-12-10(13-1-5-15-6-2-13)14-3-7-16-8-4-14/h1-8H2. The van der Waals surface area contributed by atoms with Gasteiger partial charge in [0.15, 0.2) is 0 Å². The normalized spacial score (nSPS) is 21.4. The van der Waals surface area contributed by atoms with Crippen molar-refractivity contribution in [3.63, 3.8) is 0 Å². The second-order valence-corrected chi connectivity index (χ2v) is 3.71. The molecular weight excluding hydrogens is 208 g/mol. The van der Waals surface area contributed by atoms with Crippen molar-refractivity contribution < 1.29 is 9.47 Å². The quantitative estimate of drug-likeness (QED) is 0.315. The molecule has 0 bridgehead atoms. The van der Waals surface area contributed by atoms with Gasteiger partial charge < -0.3 is 19.3 Å². The van der Waals surface area contributed by atoms with Gasteiger partial charge in [-0.15, -0.1) is 4.99 Å². The summed E-state index contributed by atoms with van der Waals surface area (Å²) in [6.45, 7) is 6.03. The molecule has 2 aliphatic rings. The fourth-order valence-electron chi connectivity index (χ4n) is 1.91.